The monoisotopic (exact) mass is 221 g/mol. The van der Waals surface area contributed by atoms with Crippen molar-refractivity contribution in [2.45, 2.75) is 25.3 Å². The van der Waals surface area contributed by atoms with Crippen molar-refractivity contribution in [3.63, 3.8) is 0 Å². The largest absolute Gasteiger partial charge is 0.508 e. The fourth-order valence-corrected chi connectivity index (χ4v) is 2.45. The molecule has 0 amide bonds. The van der Waals surface area contributed by atoms with Crippen molar-refractivity contribution in [3.05, 3.63) is 29.8 Å². The third-order valence-corrected chi connectivity index (χ3v) is 3.34. The van der Waals surface area contributed by atoms with Gasteiger partial charge in [0.2, 0.25) is 0 Å². The van der Waals surface area contributed by atoms with Crippen LogP contribution < -0.4 is 5.32 Å². The van der Waals surface area contributed by atoms with Crippen molar-refractivity contribution in [1.29, 1.82) is 0 Å². The van der Waals surface area contributed by atoms with E-state index in [2.05, 4.69) is 12.2 Å². The van der Waals surface area contributed by atoms with Gasteiger partial charge in [-0.2, -0.15) is 0 Å². The Labute approximate surface area is 96.1 Å². The van der Waals surface area contributed by atoms with Crippen LogP contribution in [0.5, 0.6) is 5.75 Å². The Morgan fingerprint density at radius 2 is 2.31 bits per heavy atom. The van der Waals surface area contributed by atoms with E-state index >= 15 is 0 Å². The molecule has 3 nitrogen and oxygen atoms in total. The average Bonchev–Trinajstić information content (AvgIpc) is 2.61. The maximum absolute atomic E-state index is 9.38. The van der Waals surface area contributed by atoms with Crippen molar-refractivity contribution in [3.8, 4) is 5.75 Å². The number of aliphatic hydroxyl groups excluding tert-OH is 1. The van der Waals surface area contributed by atoms with Crippen LogP contribution >= 0.6 is 0 Å². The number of rotatable bonds is 3. The zero-order valence-electron chi connectivity index (χ0n) is 9.61. The van der Waals surface area contributed by atoms with E-state index in [0.29, 0.717) is 11.7 Å². The third kappa shape index (κ3) is 2.54. The lowest BCUT2D eigenvalue weighted by atomic mass is 9.91. The summed E-state index contributed by atoms with van der Waals surface area (Å²) in [4.78, 5) is 0. The number of aromatic hydroxyl groups is 1. The minimum atomic E-state index is -0.124. The summed E-state index contributed by atoms with van der Waals surface area (Å²) in [5.41, 5.74) is 1.04. The van der Waals surface area contributed by atoms with E-state index < -0.39 is 0 Å². The fourth-order valence-electron chi connectivity index (χ4n) is 2.45. The highest BCUT2D eigenvalue weighted by Gasteiger charge is 2.33. The Morgan fingerprint density at radius 1 is 1.50 bits per heavy atom. The van der Waals surface area contributed by atoms with Gasteiger partial charge >= 0.3 is 0 Å². The maximum atomic E-state index is 9.38. The van der Waals surface area contributed by atoms with Crippen molar-refractivity contribution in [1.82, 2.24) is 5.32 Å². The van der Waals surface area contributed by atoms with Gasteiger partial charge in [0.15, 0.2) is 0 Å². The van der Waals surface area contributed by atoms with Crippen LogP contribution in [0.25, 0.3) is 0 Å². The molecule has 1 fully saturated rings. The first kappa shape index (κ1) is 11.4. The van der Waals surface area contributed by atoms with E-state index in [9.17, 15) is 10.2 Å². The number of hydrogen-bond donors (Lipinski definition) is 3. The van der Waals surface area contributed by atoms with Gasteiger partial charge in [0.25, 0.3) is 0 Å². The van der Waals surface area contributed by atoms with Crippen molar-refractivity contribution in [2.75, 3.05) is 13.2 Å². The molecule has 2 atom stereocenters. The first-order valence-electron chi connectivity index (χ1n) is 5.75. The summed E-state index contributed by atoms with van der Waals surface area (Å²) in [6.45, 7) is 3.17. The molecule has 3 N–H and O–H groups in total. The van der Waals surface area contributed by atoms with Crippen molar-refractivity contribution in [2.24, 2.45) is 5.92 Å². The molecule has 1 saturated heterocycles. The summed E-state index contributed by atoms with van der Waals surface area (Å²) >= 11 is 0. The van der Waals surface area contributed by atoms with E-state index in [1.807, 2.05) is 18.2 Å². The van der Waals surface area contributed by atoms with Gasteiger partial charge in [0, 0.05) is 5.54 Å². The van der Waals surface area contributed by atoms with E-state index in [1.54, 1.807) is 6.07 Å². The first-order chi connectivity index (χ1) is 7.61. The molecule has 0 spiro atoms. The summed E-state index contributed by atoms with van der Waals surface area (Å²) in [6.07, 6.45) is 1.94. The Kier molecular flexibility index (Phi) is 3.17. The molecule has 2 rings (SSSR count). The van der Waals surface area contributed by atoms with Gasteiger partial charge in [-0.1, -0.05) is 12.1 Å². The van der Waals surface area contributed by atoms with E-state index in [0.717, 1.165) is 24.9 Å². The van der Waals surface area contributed by atoms with Crippen molar-refractivity contribution >= 4 is 0 Å². The number of phenols is 1. The molecule has 1 aromatic carbocycles. The van der Waals surface area contributed by atoms with Crippen LogP contribution in [-0.2, 0) is 6.42 Å². The molecule has 16 heavy (non-hydrogen) atoms. The molecule has 88 valence electrons. The number of benzene rings is 1. The molecule has 3 heteroatoms. The minimum absolute atomic E-state index is 0.124. The highest BCUT2D eigenvalue weighted by atomic mass is 16.3. The highest BCUT2D eigenvalue weighted by molar-refractivity contribution is 5.27. The third-order valence-electron chi connectivity index (χ3n) is 3.34. The second-order valence-electron chi connectivity index (χ2n) is 5.04. The molecular weight excluding hydrogens is 202 g/mol. The summed E-state index contributed by atoms with van der Waals surface area (Å²) in [6, 6.07) is 7.41. The summed E-state index contributed by atoms with van der Waals surface area (Å²) in [7, 11) is 0. The quantitative estimate of drug-likeness (QED) is 0.721. The number of aliphatic hydroxyl groups is 1. The van der Waals surface area contributed by atoms with Crippen LogP contribution in [-0.4, -0.2) is 28.9 Å². The molecular formula is C13H19NO2. The standard InChI is InChI=1S/C13H19NO2/c1-13(9-15)7-11(8-14-13)5-10-3-2-4-12(16)6-10/h2-4,6,11,14-16H,5,7-9H2,1H3. The molecule has 0 aromatic heterocycles. The van der Waals surface area contributed by atoms with Gasteiger partial charge in [-0.15, -0.1) is 0 Å². The molecule has 1 aromatic rings. The van der Waals surface area contributed by atoms with Crippen LogP contribution in [0.3, 0.4) is 0 Å². The number of hydrogen-bond acceptors (Lipinski definition) is 3. The lowest BCUT2D eigenvalue weighted by molar-refractivity contribution is 0.189. The van der Waals surface area contributed by atoms with E-state index in [4.69, 9.17) is 0 Å². The fraction of sp³-hybridized carbons (Fsp3) is 0.538. The topological polar surface area (TPSA) is 52.5 Å². The van der Waals surface area contributed by atoms with Crippen molar-refractivity contribution < 1.29 is 10.2 Å². The molecule has 0 aliphatic carbocycles. The van der Waals surface area contributed by atoms with Crippen LogP contribution in [0.15, 0.2) is 24.3 Å². The molecule has 0 saturated carbocycles. The van der Waals surface area contributed by atoms with Crippen LogP contribution in [0.1, 0.15) is 18.9 Å². The second-order valence-corrected chi connectivity index (χ2v) is 5.04. The molecule has 0 radical (unpaired) electrons. The van der Waals surface area contributed by atoms with Gasteiger partial charge in [-0.25, -0.2) is 0 Å². The predicted molar refractivity (Wildman–Crippen MR) is 63.4 cm³/mol. The van der Waals surface area contributed by atoms with Crippen LogP contribution in [0.4, 0.5) is 0 Å². The number of phenolic OH excluding ortho intramolecular Hbond substituents is 1. The van der Waals surface area contributed by atoms with Gasteiger partial charge in [-0.3, -0.25) is 0 Å². The lowest BCUT2D eigenvalue weighted by Gasteiger charge is -2.21. The Balaban J connectivity index is 1.97. The second kappa shape index (κ2) is 4.44. The molecule has 1 aliphatic rings. The van der Waals surface area contributed by atoms with Gasteiger partial charge in [0.1, 0.15) is 5.75 Å². The Hall–Kier alpha value is -1.06. The smallest absolute Gasteiger partial charge is 0.115 e. The summed E-state index contributed by atoms with van der Waals surface area (Å²) in [5, 5.41) is 22.0. The minimum Gasteiger partial charge on any atom is -0.508 e. The van der Waals surface area contributed by atoms with Gasteiger partial charge in [-0.05, 0) is 49.9 Å². The predicted octanol–water partition coefficient (Wildman–Crippen LogP) is 1.30. The van der Waals surface area contributed by atoms with Gasteiger partial charge in [0.05, 0.1) is 6.61 Å². The average molecular weight is 221 g/mol. The van der Waals surface area contributed by atoms with E-state index in [1.165, 1.54) is 0 Å². The van der Waals surface area contributed by atoms with E-state index in [-0.39, 0.29) is 12.1 Å². The molecule has 1 aliphatic heterocycles. The zero-order valence-corrected chi connectivity index (χ0v) is 9.61. The Morgan fingerprint density at radius 3 is 2.94 bits per heavy atom. The lowest BCUT2D eigenvalue weighted by Crippen LogP contribution is -2.39. The summed E-state index contributed by atoms with van der Waals surface area (Å²) < 4.78 is 0. The highest BCUT2D eigenvalue weighted by Crippen LogP contribution is 2.27. The Bertz CT molecular complexity index is 367. The maximum Gasteiger partial charge on any atom is 0.115 e. The molecule has 2 unspecified atom stereocenters. The van der Waals surface area contributed by atoms with Crippen LogP contribution in [0.2, 0.25) is 0 Å². The van der Waals surface area contributed by atoms with Gasteiger partial charge < -0.3 is 15.5 Å². The SMILES string of the molecule is CC1(CO)CC(Cc2cccc(O)c2)CN1. The summed E-state index contributed by atoms with van der Waals surface area (Å²) in [5.74, 6) is 0.868. The molecule has 1 heterocycles. The molecule has 0 bridgehead atoms. The van der Waals surface area contributed by atoms with Crippen LogP contribution in [0, 0.1) is 5.92 Å². The first-order valence-corrected chi connectivity index (χ1v) is 5.75. The number of nitrogens with one attached hydrogen (secondary N) is 1. The zero-order chi connectivity index (χ0) is 11.6. The normalized spacial score (nSPS) is 29.5.